The van der Waals surface area contributed by atoms with Crippen molar-refractivity contribution in [2.45, 2.75) is 136 Å². The predicted molar refractivity (Wildman–Crippen MR) is 184 cm³/mol. The van der Waals surface area contributed by atoms with Crippen LogP contribution in [0.4, 0.5) is 5.82 Å². The molecule has 3 atom stereocenters. The van der Waals surface area contributed by atoms with E-state index >= 15 is 0 Å². The Balaban J connectivity index is 1.59. The largest absolute Gasteiger partial charge is 0.382 e. The first-order chi connectivity index (χ1) is 20.9. The Bertz CT molecular complexity index is 1070. The fourth-order valence-electron chi connectivity index (χ4n) is 4.87. The van der Waals surface area contributed by atoms with E-state index in [-0.39, 0.29) is 21.9 Å². The SMILES string of the molecule is CCCCCCCCCCCCCCCCS(=S)CCOP(=O)(CO[C@H](C)Cn1cnc2c(N)ncnc21)OCCCC. The van der Waals surface area contributed by atoms with Gasteiger partial charge >= 0.3 is 7.60 Å². The molecule has 248 valence electrons. The molecular formula is C31H58N5O4PS2. The van der Waals surface area contributed by atoms with Gasteiger partial charge in [0.25, 0.3) is 0 Å². The van der Waals surface area contributed by atoms with E-state index in [0.717, 1.165) is 25.0 Å². The van der Waals surface area contributed by atoms with E-state index in [4.69, 9.17) is 30.7 Å². The first-order valence-corrected chi connectivity index (χ1v) is 20.9. The van der Waals surface area contributed by atoms with E-state index in [1.807, 2.05) is 11.5 Å². The Kier molecular flexibility index (Phi) is 20.8. The number of imidazole rings is 1. The van der Waals surface area contributed by atoms with Crippen LogP contribution in [-0.4, -0.2) is 56.7 Å². The van der Waals surface area contributed by atoms with Gasteiger partial charge in [0.2, 0.25) is 0 Å². The number of unbranched alkanes of at least 4 members (excludes halogenated alkanes) is 14. The van der Waals surface area contributed by atoms with E-state index < -0.39 is 7.60 Å². The summed E-state index contributed by atoms with van der Waals surface area (Å²) in [6.45, 7) is 7.43. The minimum Gasteiger partial charge on any atom is -0.382 e. The van der Waals surface area contributed by atoms with Crippen LogP contribution in [0.25, 0.3) is 11.2 Å². The van der Waals surface area contributed by atoms with E-state index in [2.05, 4.69) is 28.8 Å². The van der Waals surface area contributed by atoms with E-state index in [1.54, 1.807) is 6.33 Å². The smallest absolute Gasteiger partial charge is 0.356 e. The van der Waals surface area contributed by atoms with Gasteiger partial charge in [0.05, 0.1) is 32.2 Å². The van der Waals surface area contributed by atoms with Gasteiger partial charge in [0.1, 0.15) is 18.2 Å². The topological polar surface area (TPSA) is 114 Å². The molecule has 0 aliphatic heterocycles. The molecule has 0 saturated heterocycles. The highest BCUT2D eigenvalue weighted by Crippen LogP contribution is 2.48. The molecule has 2 aromatic rings. The molecule has 0 bridgehead atoms. The molecular weight excluding hydrogens is 601 g/mol. The second-order valence-corrected chi connectivity index (χ2v) is 16.6. The van der Waals surface area contributed by atoms with Gasteiger partial charge in [-0.1, -0.05) is 115 Å². The zero-order valence-corrected chi connectivity index (χ0v) is 29.6. The standard InChI is InChI=1S/C31H58N5O4PS2/c1-4-6-8-9-10-11-12-13-14-15-16-17-18-19-22-43(42)23-21-40-41(37,39-20-7-5-2)27-38-28(3)24-36-26-35-29-30(32)33-25-34-31(29)36/h25-26,28H,4-24,27H2,1-3H3,(H2,32,33,34)/t28-,41?,43?/m1/s1. The van der Waals surface area contributed by atoms with Gasteiger partial charge in [-0.2, -0.15) is 0 Å². The average Bonchev–Trinajstić information content (AvgIpc) is 3.40. The van der Waals surface area contributed by atoms with E-state index in [1.165, 1.54) is 89.8 Å². The highest BCUT2D eigenvalue weighted by molar-refractivity contribution is 8.28. The van der Waals surface area contributed by atoms with Crippen molar-refractivity contribution in [1.82, 2.24) is 19.5 Å². The number of ether oxygens (including phenoxy) is 1. The maximum absolute atomic E-state index is 13.5. The van der Waals surface area contributed by atoms with Gasteiger partial charge in [-0.25, -0.2) is 15.0 Å². The molecule has 0 spiro atoms. The van der Waals surface area contributed by atoms with Crippen LogP contribution in [0.1, 0.15) is 124 Å². The molecule has 2 N–H and O–H groups in total. The lowest BCUT2D eigenvalue weighted by atomic mass is 10.0. The molecule has 0 aliphatic rings. The monoisotopic (exact) mass is 659 g/mol. The molecule has 2 aromatic heterocycles. The highest BCUT2D eigenvalue weighted by Gasteiger charge is 2.26. The summed E-state index contributed by atoms with van der Waals surface area (Å²) >= 11 is 5.70. The Labute approximate surface area is 268 Å². The van der Waals surface area contributed by atoms with Gasteiger partial charge < -0.3 is 24.1 Å². The Morgan fingerprint density at radius 2 is 1.42 bits per heavy atom. The van der Waals surface area contributed by atoms with Crippen LogP contribution in [0.5, 0.6) is 0 Å². The Hall–Kier alpha value is -0.970. The first kappa shape index (κ1) is 38.2. The van der Waals surface area contributed by atoms with Crippen molar-refractivity contribution in [2.75, 3.05) is 36.8 Å². The van der Waals surface area contributed by atoms with Crippen molar-refractivity contribution in [3.05, 3.63) is 12.7 Å². The summed E-state index contributed by atoms with van der Waals surface area (Å²) in [7, 11) is -3.57. The summed E-state index contributed by atoms with van der Waals surface area (Å²) in [4.78, 5) is 12.5. The molecule has 2 heterocycles. The van der Waals surface area contributed by atoms with Crippen LogP contribution in [0.2, 0.25) is 0 Å². The highest BCUT2D eigenvalue weighted by atomic mass is 32.8. The quantitative estimate of drug-likeness (QED) is 0.0711. The third-order valence-electron chi connectivity index (χ3n) is 7.51. The average molecular weight is 660 g/mol. The van der Waals surface area contributed by atoms with Crippen LogP contribution in [0.15, 0.2) is 12.7 Å². The third-order valence-corrected chi connectivity index (χ3v) is 11.5. The fourth-order valence-corrected chi connectivity index (χ4v) is 7.99. The van der Waals surface area contributed by atoms with E-state index in [9.17, 15) is 4.57 Å². The molecule has 43 heavy (non-hydrogen) atoms. The van der Waals surface area contributed by atoms with Crippen LogP contribution >= 0.6 is 7.60 Å². The summed E-state index contributed by atoms with van der Waals surface area (Å²) in [6, 6.07) is 0. The van der Waals surface area contributed by atoms with Crippen molar-refractivity contribution in [2.24, 2.45) is 0 Å². The summed E-state index contributed by atoms with van der Waals surface area (Å²) in [6.07, 6.45) is 23.4. The van der Waals surface area contributed by atoms with Gasteiger partial charge in [-0.15, -0.1) is 9.45 Å². The maximum Gasteiger partial charge on any atom is 0.356 e. The molecule has 2 rings (SSSR count). The lowest BCUT2D eigenvalue weighted by molar-refractivity contribution is 0.0664. The second kappa shape index (κ2) is 23.4. The fraction of sp³-hybridized carbons (Fsp3) is 0.839. The van der Waals surface area contributed by atoms with E-state index in [0.29, 0.717) is 42.5 Å². The van der Waals surface area contributed by atoms with Crippen molar-refractivity contribution < 1.29 is 18.3 Å². The lowest BCUT2D eigenvalue weighted by Crippen LogP contribution is -2.19. The van der Waals surface area contributed by atoms with Crippen molar-refractivity contribution in [3.63, 3.8) is 0 Å². The number of hydrogen-bond donors (Lipinski definition) is 1. The molecule has 0 aromatic carbocycles. The third kappa shape index (κ3) is 16.8. The summed E-state index contributed by atoms with van der Waals surface area (Å²) in [5.74, 6) is 2.08. The lowest BCUT2D eigenvalue weighted by Gasteiger charge is -2.21. The van der Waals surface area contributed by atoms with Gasteiger partial charge in [-0.05, 0) is 25.5 Å². The number of nitrogens with two attached hydrogens (primary N) is 1. The minimum atomic E-state index is -3.40. The number of aromatic nitrogens is 4. The summed E-state index contributed by atoms with van der Waals surface area (Å²) < 4.78 is 32.8. The minimum absolute atomic E-state index is 0.105. The normalized spacial score (nSPS) is 14.7. The van der Waals surface area contributed by atoms with Crippen molar-refractivity contribution in [3.8, 4) is 0 Å². The van der Waals surface area contributed by atoms with Crippen molar-refractivity contribution in [1.29, 1.82) is 0 Å². The molecule has 0 fully saturated rings. The second-order valence-electron chi connectivity index (χ2n) is 11.5. The van der Waals surface area contributed by atoms with Gasteiger partial charge in [0, 0.05) is 5.75 Å². The Morgan fingerprint density at radius 3 is 2.05 bits per heavy atom. The zero-order chi connectivity index (χ0) is 31.2. The molecule has 0 radical (unpaired) electrons. The number of nitrogen functional groups attached to an aromatic ring is 1. The first-order valence-electron chi connectivity index (χ1n) is 16.6. The summed E-state index contributed by atoms with van der Waals surface area (Å²) in [5.41, 5.74) is 7.08. The number of rotatable bonds is 28. The maximum atomic E-state index is 13.5. The number of nitrogens with zero attached hydrogens (tertiary/aromatic N) is 4. The number of anilines is 1. The van der Waals surface area contributed by atoms with Gasteiger partial charge in [0.15, 0.2) is 11.5 Å². The number of fused-ring (bicyclic) bond motifs is 1. The van der Waals surface area contributed by atoms with Crippen LogP contribution < -0.4 is 5.73 Å². The Morgan fingerprint density at radius 1 is 0.837 bits per heavy atom. The molecule has 0 aliphatic carbocycles. The number of hydrogen-bond acceptors (Lipinski definition) is 9. The zero-order valence-electron chi connectivity index (χ0n) is 27.1. The molecule has 0 amide bonds. The predicted octanol–water partition coefficient (Wildman–Crippen LogP) is 8.36. The van der Waals surface area contributed by atoms with Crippen LogP contribution in [0, 0.1) is 0 Å². The van der Waals surface area contributed by atoms with Crippen LogP contribution in [0.3, 0.4) is 0 Å². The summed E-state index contributed by atoms with van der Waals surface area (Å²) in [5, 5.41) is 0. The molecule has 0 saturated carbocycles. The molecule has 12 heteroatoms. The van der Waals surface area contributed by atoms with Crippen molar-refractivity contribution >= 4 is 45.2 Å². The van der Waals surface area contributed by atoms with Crippen LogP contribution in [-0.2, 0) is 45.5 Å². The molecule has 9 nitrogen and oxygen atoms in total. The van der Waals surface area contributed by atoms with Gasteiger partial charge in [-0.3, -0.25) is 4.57 Å². The molecule has 2 unspecified atom stereocenters.